The van der Waals surface area contributed by atoms with Crippen molar-refractivity contribution >= 4 is 23.5 Å². The van der Waals surface area contributed by atoms with E-state index >= 15 is 0 Å². The van der Waals surface area contributed by atoms with Crippen LogP contribution in [0.1, 0.15) is 25.0 Å². The molecule has 0 fully saturated rings. The molecule has 1 aliphatic heterocycles. The third-order valence-electron chi connectivity index (χ3n) is 1.93. The van der Waals surface area contributed by atoms with Gasteiger partial charge in [0.25, 0.3) is 0 Å². The Bertz CT molecular complexity index is 268. The van der Waals surface area contributed by atoms with Crippen LogP contribution in [0, 0.1) is 13.8 Å². The van der Waals surface area contributed by atoms with Gasteiger partial charge in [-0.1, -0.05) is 26.0 Å². The first-order chi connectivity index (χ1) is 6.29. The molecule has 2 N–H and O–H groups in total. The lowest BCUT2D eigenvalue weighted by atomic mass is 10.1. The molecule has 1 aromatic carbocycles. The smallest absolute Gasteiger partial charge is 0.0729 e. The normalized spacial score (nSPS) is 12.0. The molecule has 0 aromatic heterocycles. The first-order valence-electron chi connectivity index (χ1n) is 4.57. The molecule has 0 unspecified atom stereocenters. The van der Waals surface area contributed by atoms with Crippen LogP contribution < -0.4 is 9.44 Å². The minimum absolute atomic E-state index is 1.23. The molecule has 2 nitrogen and oxygen atoms in total. The fourth-order valence-electron chi connectivity index (χ4n) is 1.20. The second-order valence-corrected chi connectivity index (χ2v) is 3.37. The molecule has 0 spiro atoms. The Labute approximate surface area is 84.4 Å². The van der Waals surface area contributed by atoms with Crippen LogP contribution >= 0.6 is 12.1 Å². The van der Waals surface area contributed by atoms with Crippen LogP contribution in [-0.4, -0.2) is 0 Å². The van der Waals surface area contributed by atoms with Crippen molar-refractivity contribution < 1.29 is 0 Å². The summed E-state index contributed by atoms with van der Waals surface area (Å²) >= 11 is 1.53. The standard InChI is InChI=1S/C8H10N2S.C2H6/c1-5-3-4-6(2)8-7(5)9-11-10-8;1-2/h3-4,9-10H,1-2H3;1-2H3. The van der Waals surface area contributed by atoms with Gasteiger partial charge >= 0.3 is 0 Å². The van der Waals surface area contributed by atoms with Crippen LogP contribution in [0.2, 0.25) is 0 Å². The number of fused-ring (bicyclic) bond motifs is 1. The predicted molar refractivity (Wildman–Crippen MR) is 62.1 cm³/mol. The lowest BCUT2D eigenvalue weighted by molar-refractivity contribution is 1.41. The first-order valence-corrected chi connectivity index (χ1v) is 5.39. The van der Waals surface area contributed by atoms with E-state index in [4.69, 9.17) is 0 Å². The summed E-state index contributed by atoms with van der Waals surface area (Å²) in [6.07, 6.45) is 0. The van der Waals surface area contributed by atoms with Crippen LogP contribution in [0.25, 0.3) is 0 Å². The van der Waals surface area contributed by atoms with E-state index in [1.54, 1.807) is 0 Å². The zero-order valence-electron chi connectivity index (χ0n) is 8.56. The van der Waals surface area contributed by atoms with E-state index in [1.807, 2.05) is 13.8 Å². The second-order valence-electron chi connectivity index (χ2n) is 2.76. The largest absolute Gasteiger partial charge is 0.310 e. The molecule has 0 bridgehead atoms. The second kappa shape index (κ2) is 4.42. The third kappa shape index (κ3) is 1.91. The van der Waals surface area contributed by atoms with Gasteiger partial charge in [0.15, 0.2) is 0 Å². The highest BCUT2D eigenvalue weighted by atomic mass is 32.2. The van der Waals surface area contributed by atoms with E-state index in [0.717, 1.165) is 0 Å². The molecule has 72 valence electrons. The SMILES string of the molecule is CC.Cc1ccc(C)c2c1NSN2. The Morgan fingerprint density at radius 1 is 0.923 bits per heavy atom. The summed E-state index contributed by atoms with van der Waals surface area (Å²) in [5, 5.41) is 0. The molecule has 3 heteroatoms. The topological polar surface area (TPSA) is 24.1 Å². The van der Waals surface area contributed by atoms with E-state index < -0.39 is 0 Å². The quantitative estimate of drug-likeness (QED) is 0.618. The summed E-state index contributed by atoms with van der Waals surface area (Å²) in [5.41, 5.74) is 5.05. The van der Waals surface area contributed by atoms with E-state index in [2.05, 4.69) is 35.4 Å². The maximum atomic E-state index is 3.21. The fourth-order valence-corrected chi connectivity index (χ4v) is 1.98. The Kier molecular flexibility index (Phi) is 3.48. The van der Waals surface area contributed by atoms with Crippen LogP contribution in [0.5, 0.6) is 0 Å². The van der Waals surface area contributed by atoms with Crippen molar-refractivity contribution in [3.8, 4) is 0 Å². The Balaban J connectivity index is 0.000000396. The summed E-state index contributed by atoms with van der Waals surface area (Å²) in [6.45, 7) is 8.22. The molecule has 0 saturated heterocycles. The Morgan fingerprint density at radius 2 is 1.31 bits per heavy atom. The molecular weight excluding hydrogens is 180 g/mol. The van der Waals surface area contributed by atoms with Crippen molar-refractivity contribution in [1.82, 2.24) is 0 Å². The van der Waals surface area contributed by atoms with Gasteiger partial charge in [0, 0.05) is 0 Å². The van der Waals surface area contributed by atoms with Gasteiger partial charge in [-0.05, 0) is 25.0 Å². The number of hydrogen-bond acceptors (Lipinski definition) is 3. The van der Waals surface area contributed by atoms with Crippen molar-refractivity contribution in [2.24, 2.45) is 0 Å². The number of nitrogens with one attached hydrogen (secondary N) is 2. The van der Waals surface area contributed by atoms with Crippen LogP contribution in [0.15, 0.2) is 12.1 Å². The maximum absolute atomic E-state index is 3.21. The molecule has 1 aromatic rings. The number of benzene rings is 1. The summed E-state index contributed by atoms with van der Waals surface area (Å²) in [6, 6.07) is 4.27. The number of anilines is 2. The van der Waals surface area contributed by atoms with E-state index in [0.29, 0.717) is 0 Å². The van der Waals surface area contributed by atoms with Crippen molar-refractivity contribution in [2.75, 3.05) is 9.44 Å². The van der Waals surface area contributed by atoms with Gasteiger partial charge < -0.3 is 9.44 Å². The summed E-state index contributed by atoms with van der Waals surface area (Å²) in [4.78, 5) is 0. The Morgan fingerprint density at radius 3 is 1.69 bits per heavy atom. The van der Waals surface area contributed by atoms with Crippen molar-refractivity contribution in [1.29, 1.82) is 0 Å². The summed E-state index contributed by atoms with van der Waals surface area (Å²) in [5.74, 6) is 0. The number of hydrogen-bond donors (Lipinski definition) is 2. The van der Waals surface area contributed by atoms with E-state index in [1.165, 1.54) is 34.6 Å². The zero-order chi connectivity index (χ0) is 9.84. The van der Waals surface area contributed by atoms with Crippen LogP contribution in [-0.2, 0) is 0 Å². The van der Waals surface area contributed by atoms with Crippen molar-refractivity contribution in [3.63, 3.8) is 0 Å². The predicted octanol–water partition coefficient (Wildman–Crippen LogP) is 3.73. The molecule has 1 heterocycles. The summed E-state index contributed by atoms with van der Waals surface area (Å²) < 4.78 is 6.43. The lowest BCUT2D eigenvalue weighted by Crippen LogP contribution is -1.84. The molecule has 0 saturated carbocycles. The first kappa shape index (κ1) is 10.3. The van der Waals surface area contributed by atoms with E-state index in [-0.39, 0.29) is 0 Å². The van der Waals surface area contributed by atoms with Crippen molar-refractivity contribution in [3.05, 3.63) is 23.3 Å². The highest BCUT2D eigenvalue weighted by molar-refractivity contribution is 8.02. The minimum atomic E-state index is 1.23. The Hall–Kier alpha value is -0.830. The zero-order valence-corrected chi connectivity index (χ0v) is 9.38. The van der Waals surface area contributed by atoms with Gasteiger partial charge in [-0.15, -0.1) is 0 Å². The highest BCUT2D eigenvalue weighted by Gasteiger charge is 2.13. The average Bonchev–Trinajstić information content (AvgIpc) is 2.64. The van der Waals surface area contributed by atoms with Gasteiger partial charge in [0.2, 0.25) is 0 Å². The molecule has 0 atom stereocenters. The number of rotatable bonds is 0. The van der Waals surface area contributed by atoms with Gasteiger partial charge in [0.1, 0.15) is 0 Å². The van der Waals surface area contributed by atoms with Gasteiger partial charge in [0.05, 0.1) is 23.5 Å². The molecule has 1 aliphatic rings. The molecular formula is C10H16N2S. The molecule has 2 rings (SSSR count). The molecule has 0 radical (unpaired) electrons. The minimum Gasteiger partial charge on any atom is -0.310 e. The molecule has 13 heavy (non-hydrogen) atoms. The lowest BCUT2D eigenvalue weighted by Gasteiger charge is -2.03. The monoisotopic (exact) mass is 196 g/mol. The van der Waals surface area contributed by atoms with Crippen molar-refractivity contribution in [2.45, 2.75) is 27.7 Å². The molecule has 0 amide bonds. The van der Waals surface area contributed by atoms with Crippen LogP contribution in [0.4, 0.5) is 11.4 Å². The van der Waals surface area contributed by atoms with E-state index in [9.17, 15) is 0 Å². The third-order valence-corrected chi connectivity index (χ3v) is 2.54. The number of aryl methyl sites for hydroxylation is 2. The van der Waals surface area contributed by atoms with Gasteiger partial charge in [-0.25, -0.2) is 0 Å². The fraction of sp³-hybridized carbons (Fsp3) is 0.400. The highest BCUT2D eigenvalue weighted by Crippen LogP contribution is 2.37. The van der Waals surface area contributed by atoms with Gasteiger partial charge in [-0.3, -0.25) is 0 Å². The van der Waals surface area contributed by atoms with Crippen LogP contribution in [0.3, 0.4) is 0 Å². The van der Waals surface area contributed by atoms with Gasteiger partial charge in [-0.2, -0.15) is 0 Å². The molecule has 0 aliphatic carbocycles. The maximum Gasteiger partial charge on any atom is 0.0729 e. The average molecular weight is 196 g/mol. The summed E-state index contributed by atoms with van der Waals surface area (Å²) in [7, 11) is 0.